The zero-order valence-electron chi connectivity index (χ0n) is 20.7. The number of nitrogens with two attached hydrogens (primary N) is 1. The van der Waals surface area contributed by atoms with Crippen molar-refractivity contribution in [1.29, 1.82) is 0 Å². The lowest BCUT2D eigenvalue weighted by molar-refractivity contribution is -0.129. The predicted octanol–water partition coefficient (Wildman–Crippen LogP) is 2.48. The Bertz CT molecular complexity index is 858. The molecule has 0 saturated carbocycles. The molecule has 2 rings (SSSR count). The summed E-state index contributed by atoms with van der Waals surface area (Å²) in [7, 11) is 0. The van der Waals surface area contributed by atoms with E-state index in [0.29, 0.717) is 19.4 Å². The first-order valence-corrected chi connectivity index (χ1v) is 12.8. The molecule has 2 amide bonds. The van der Waals surface area contributed by atoms with Gasteiger partial charge in [0.1, 0.15) is 6.04 Å². The predicted molar refractivity (Wildman–Crippen MR) is 141 cm³/mol. The van der Waals surface area contributed by atoms with E-state index < -0.39 is 6.04 Å². The van der Waals surface area contributed by atoms with E-state index in [1.165, 1.54) is 0 Å². The van der Waals surface area contributed by atoms with Crippen LogP contribution in [0, 0.1) is 0 Å². The van der Waals surface area contributed by atoms with Crippen LogP contribution in [0.15, 0.2) is 42.5 Å². The van der Waals surface area contributed by atoms with Crippen molar-refractivity contribution in [2.24, 2.45) is 5.73 Å². The molecule has 0 aromatic heterocycles. The van der Waals surface area contributed by atoms with Crippen molar-refractivity contribution in [2.75, 3.05) is 39.3 Å². The molecule has 0 heterocycles. The minimum absolute atomic E-state index is 0.0809. The summed E-state index contributed by atoms with van der Waals surface area (Å²) in [5.41, 5.74) is 6.51. The number of hydrogen-bond acceptors (Lipinski definition) is 5. The van der Waals surface area contributed by atoms with Gasteiger partial charge in [0.25, 0.3) is 0 Å². The van der Waals surface area contributed by atoms with Crippen molar-refractivity contribution >= 4 is 22.6 Å². The van der Waals surface area contributed by atoms with E-state index in [1.807, 2.05) is 25.1 Å². The van der Waals surface area contributed by atoms with Gasteiger partial charge in [-0.2, -0.15) is 0 Å². The summed E-state index contributed by atoms with van der Waals surface area (Å²) < 4.78 is 0. The van der Waals surface area contributed by atoms with Crippen molar-refractivity contribution < 1.29 is 9.59 Å². The highest BCUT2D eigenvalue weighted by molar-refractivity contribution is 5.88. The van der Waals surface area contributed by atoms with Crippen molar-refractivity contribution in [2.45, 2.75) is 57.9 Å². The summed E-state index contributed by atoms with van der Waals surface area (Å²) in [4.78, 5) is 25.1. The smallest absolute Gasteiger partial charge is 0.242 e. The van der Waals surface area contributed by atoms with Crippen LogP contribution in [0.3, 0.4) is 0 Å². The average molecular weight is 470 g/mol. The zero-order valence-corrected chi connectivity index (χ0v) is 20.7. The van der Waals surface area contributed by atoms with Crippen LogP contribution in [0.25, 0.3) is 10.8 Å². The number of carbonyl (C=O) groups is 2. The van der Waals surface area contributed by atoms with Gasteiger partial charge in [-0.25, -0.2) is 0 Å². The number of nitrogens with one attached hydrogen (secondary N) is 4. The van der Waals surface area contributed by atoms with Gasteiger partial charge in [0.05, 0.1) is 0 Å². The van der Waals surface area contributed by atoms with E-state index in [0.717, 1.165) is 81.2 Å². The highest BCUT2D eigenvalue weighted by atomic mass is 16.2. The number of amides is 2. The summed E-state index contributed by atoms with van der Waals surface area (Å²) in [6, 6.07) is 13.8. The topological polar surface area (TPSA) is 108 Å². The zero-order chi connectivity index (χ0) is 24.4. The molecule has 0 fully saturated rings. The summed E-state index contributed by atoms with van der Waals surface area (Å²) >= 11 is 0. The Kier molecular flexibility index (Phi) is 13.9. The summed E-state index contributed by atoms with van der Waals surface area (Å²) in [6.45, 7) is 7.14. The van der Waals surface area contributed by atoms with E-state index in [4.69, 9.17) is 5.73 Å². The SMILES string of the molecule is CCCC(=O)N[C@@H](Cc1ccc2ccccc2c1)C(=O)NCCCNCCCCNCCCN. The Balaban J connectivity index is 1.72. The van der Waals surface area contributed by atoms with Crippen LogP contribution >= 0.6 is 0 Å². The molecule has 0 aliphatic rings. The first-order chi connectivity index (χ1) is 16.6. The maximum Gasteiger partial charge on any atom is 0.242 e. The van der Waals surface area contributed by atoms with Gasteiger partial charge in [0, 0.05) is 19.4 Å². The lowest BCUT2D eigenvalue weighted by atomic mass is 10.0. The number of carbonyl (C=O) groups excluding carboxylic acids is 2. The summed E-state index contributed by atoms with van der Waals surface area (Å²) in [5.74, 6) is -0.205. The van der Waals surface area contributed by atoms with Crippen LogP contribution in [0.2, 0.25) is 0 Å². The molecule has 0 radical (unpaired) electrons. The molecule has 0 aliphatic carbocycles. The molecule has 7 nitrogen and oxygen atoms in total. The average Bonchev–Trinajstić information content (AvgIpc) is 2.84. The Hall–Kier alpha value is -2.48. The molecule has 0 saturated heterocycles. The van der Waals surface area contributed by atoms with E-state index in [-0.39, 0.29) is 11.8 Å². The fourth-order valence-corrected chi connectivity index (χ4v) is 3.83. The fourth-order valence-electron chi connectivity index (χ4n) is 3.83. The molecule has 0 bridgehead atoms. The van der Waals surface area contributed by atoms with Gasteiger partial charge in [-0.05, 0) is 81.2 Å². The molecule has 7 heteroatoms. The monoisotopic (exact) mass is 469 g/mol. The van der Waals surface area contributed by atoms with Crippen LogP contribution in [-0.4, -0.2) is 57.1 Å². The van der Waals surface area contributed by atoms with E-state index in [2.05, 4.69) is 45.5 Å². The minimum Gasteiger partial charge on any atom is -0.354 e. The lowest BCUT2D eigenvalue weighted by Crippen LogP contribution is -2.48. The van der Waals surface area contributed by atoms with Crippen molar-refractivity contribution in [3.63, 3.8) is 0 Å². The molecule has 34 heavy (non-hydrogen) atoms. The van der Waals surface area contributed by atoms with Gasteiger partial charge in [0.2, 0.25) is 11.8 Å². The largest absolute Gasteiger partial charge is 0.354 e. The molecule has 2 aromatic carbocycles. The lowest BCUT2D eigenvalue weighted by Gasteiger charge is -2.19. The number of hydrogen-bond donors (Lipinski definition) is 5. The van der Waals surface area contributed by atoms with Crippen LogP contribution in [0.5, 0.6) is 0 Å². The van der Waals surface area contributed by atoms with Crippen LogP contribution < -0.4 is 27.0 Å². The van der Waals surface area contributed by atoms with Crippen molar-refractivity contribution in [3.8, 4) is 0 Å². The highest BCUT2D eigenvalue weighted by Gasteiger charge is 2.20. The fraction of sp³-hybridized carbons (Fsp3) is 0.556. The second-order valence-electron chi connectivity index (χ2n) is 8.75. The number of benzene rings is 2. The number of unbranched alkanes of at least 4 members (excludes halogenated alkanes) is 1. The number of rotatable bonds is 18. The Labute approximate surface area is 204 Å². The standard InChI is InChI=1S/C27H43N5O2/c1-2-9-26(33)32-25(21-22-12-13-23-10-3-4-11-24(23)20-22)27(34)31-19-8-18-30-16-6-5-15-29-17-7-14-28/h3-4,10-13,20,25,29-30H,2,5-9,14-19,21,28H2,1H3,(H,31,34)(H,32,33)/t25-/m0/s1. The van der Waals surface area contributed by atoms with Crippen LogP contribution in [0.1, 0.15) is 51.0 Å². The molecule has 1 atom stereocenters. The Morgan fingerprint density at radius 3 is 2.24 bits per heavy atom. The highest BCUT2D eigenvalue weighted by Crippen LogP contribution is 2.17. The third-order valence-electron chi connectivity index (χ3n) is 5.73. The molecule has 2 aromatic rings. The third-order valence-corrected chi connectivity index (χ3v) is 5.73. The van der Waals surface area contributed by atoms with Gasteiger partial charge in [-0.15, -0.1) is 0 Å². The molecule has 0 aliphatic heterocycles. The van der Waals surface area contributed by atoms with E-state index >= 15 is 0 Å². The summed E-state index contributed by atoms with van der Waals surface area (Å²) in [6.07, 6.45) is 5.80. The van der Waals surface area contributed by atoms with Crippen LogP contribution in [-0.2, 0) is 16.0 Å². The maximum atomic E-state index is 12.9. The Morgan fingerprint density at radius 2 is 1.53 bits per heavy atom. The normalized spacial score (nSPS) is 11.9. The van der Waals surface area contributed by atoms with Crippen molar-refractivity contribution in [1.82, 2.24) is 21.3 Å². The molecular weight excluding hydrogens is 426 g/mol. The molecule has 0 unspecified atom stereocenters. The van der Waals surface area contributed by atoms with Gasteiger partial charge in [-0.1, -0.05) is 49.4 Å². The van der Waals surface area contributed by atoms with Gasteiger partial charge in [-0.3, -0.25) is 9.59 Å². The molecule has 6 N–H and O–H groups in total. The second-order valence-corrected chi connectivity index (χ2v) is 8.75. The molecular formula is C27H43N5O2. The third kappa shape index (κ3) is 11.1. The molecule has 0 spiro atoms. The first kappa shape index (κ1) is 27.8. The first-order valence-electron chi connectivity index (χ1n) is 12.8. The van der Waals surface area contributed by atoms with E-state index in [9.17, 15) is 9.59 Å². The van der Waals surface area contributed by atoms with Crippen molar-refractivity contribution in [3.05, 3.63) is 48.0 Å². The van der Waals surface area contributed by atoms with Gasteiger partial charge >= 0.3 is 0 Å². The minimum atomic E-state index is -0.569. The van der Waals surface area contributed by atoms with Gasteiger partial charge in [0.15, 0.2) is 0 Å². The summed E-state index contributed by atoms with van der Waals surface area (Å²) in [5, 5.41) is 15.0. The molecule has 188 valence electrons. The van der Waals surface area contributed by atoms with E-state index in [1.54, 1.807) is 0 Å². The van der Waals surface area contributed by atoms with Crippen LogP contribution in [0.4, 0.5) is 0 Å². The quantitative estimate of drug-likeness (QED) is 0.216. The van der Waals surface area contributed by atoms with Gasteiger partial charge < -0.3 is 27.0 Å². The number of fused-ring (bicyclic) bond motifs is 1. The maximum absolute atomic E-state index is 12.9. The Morgan fingerprint density at radius 1 is 0.853 bits per heavy atom. The second kappa shape index (κ2) is 17.0.